The number of hydrogen-bond donors (Lipinski definition) is 5. The minimum atomic E-state index is -0.0342. The van der Waals surface area contributed by atoms with E-state index in [1.165, 1.54) is 0 Å². The molecular formula is C45H72N8O5. The van der Waals surface area contributed by atoms with E-state index in [0.717, 1.165) is 135 Å². The minimum Gasteiger partial charge on any atom is -0.382 e. The monoisotopic (exact) mass is 805 g/mol. The number of hydrogen-bond acceptors (Lipinski definition) is 10. The van der Waals surface area contributed by atoms with Gasteiger partial charge < -0.3 is 46.3 Å². The number of carbonyl (C=O) groups is 3. The average molecular weight is 805 g/mol. The number of nitrogens with two attached hydrogens (primary N) is 2. The molecule has 7 N–H and O–H groups in total. The Balaban J connectivity index is 0.000000327. The molecule has 2 aromatic heterocycles. The number of aromatic nitrogens is 3. The number of nitrogen functional groups attached to an aromatic ring is 1. The third kappa shape index (κ3) is 16.2. The Bertz CT molecular complexity index is 1730. The van der Waals surface area contributed by atoms with Gasteiger partial charge in [-0.3, -0.25) is 9.59 Å². The maximum absolute atomic E-state index is 12.1. The molecule has 4 rings (SSSR count). The number of fused-ring (bicyclic) bond motifs is 3. The van der Waals surface area contributed by atoms with Crippen LogP contribution in [-0.2, 0) is 36.8 Å². The summed E-state index contributed by atoms with van der Waals surface area (Å²) >= 11 is 0. The summed E-state index contributed by atoms with van der Waals surface area (Å²) in [5, 5.41) is 10.2. The fourth-order valence-electron chi connectivity index (χ4n) is 7.10. The minimum absolute atomic E-state index is 0.00995. The van der Waals surface area contributed by atoms with Gasteiger partial charge in [-0.25, -0.2) is 9.97 Å². The molecule has 3 aromatic rings. The zero-order chi connectivity index (χ0) is 42.1. The standard InChI is InChI=1S/C26H45N3O5.C19H27N5/c1-4-20(2)21(3)24(27)7-5-6-13-28-25(31)12-15-33-17-18-34-16-14-29-26(32)23-10-8-22(19-30)9-11-23;1-3-4-11-16-23-17-18(24(16)13-8-7-12-21-2)14-9-5-6-10-15(14)22-19(17)20/h4,19,22-24H,3,5-18,27H2,1-2H3,(H,28,31)(H,29,32);5-6,9-10,21H,3-4,7-8,11-13H2,1-2H3,(H2,20,22). The Morgan fingerprint density at radius 2 is 1.69 bits per heavy atom. The van der Waals surface area contributed by atoms with Crippen molar-refractivity contribution >= 4 is 45.9 Å². The number of para-hydroxylation sites is 1. The van der Waals surface area contributed by atoms with Gasteiger partial charge in [-0.05, 0) is 103 Å². The second-order valence-corrected chi connectivity index (χ2v) is 15.3. The number of aryl methyl sites for hydroxylation is 2. The van der Waals surface area contributed by atoms with Gasteiger partial charge in [0.25, 0.3) is 0 Å². The molecule has 1 fully saturated rings. The van der Waals surface area contributed by atoms with Crippen LogP contribution < -0.4 is 27.4 Å². The number of anilines is 1. The Labute approximate surface area is 346 Å². The lowest BCUT2D eigenvalue weighted by atomic mass is 9.82. The van der Waals surface area contributed by atoms with Crippen LogP contribution in [0.2, 0.25) is 0 Å². The first-order valence-electron chi connectivity index (χ1n) is 21.6. The molecule has 1 aliphatic carbocycles. The van der Waals surface area contributed by atoms with E-state index in [-0.39, 0.29) is 29.7 Å². The highest BCUT2D eigenvalue weighted by atomic mass is 16.5. The lowest BCUT2D eigenvalue weighted by Gasteiger charge is -2.24. The van der Waals surface area contributed by atoms with Crippen LogP contribution in [-0.4, -0.2) is 91.8 Å². The summed E-state index contributed by atoms with van der Waals surface area (Å²) in [6, 6.07) is 8.18. The van der Waals surface area contributed by atoms with Gasteiger partial charge in [0.1, 0.15) is 17.6 Å². The molecule has 13 heteroatoms. The van der Waals surface area contributed by atoms with Gasteiger partial charge in [0.2, 0.25) is 11.8 Å². The Morgan fingerprint density at radius 1 is 0.966 bits per heavy atom. The number of allylic oxidation sites excluding steroid dienone is 1. The summed E-state index contributed by atoms with van der Waals surface area (Å²) in [5.74, 6) is 1.83. The van der Waals surface area contributed by atoms with Crippen LogP contribution in [0.15, 0.2) is 48.1 Å². The first-order chi connectivity index (χ1) is 28.1. The molecule has 58 heavy (non-hydrogen) atoms. The molecule has 0 aliphatic heterocycles. The topological polar surface area (TPSA) is 189 Å². The SMILES string of the molecule is C=C(C(C)=CC)C(N)CCCCNC(=O)CCOCCOCCNC(=O)C1CCC(C=O)CC1.CCCCc1nc2c(N)nc3ccccc3c2n1CCCCNC. The Hall–Kier alpha value is -4.17. The van der Waals surface area contributed by atoms with E-state index in [1.54, 1.807) is 0 Å². The van der Waals surface area contributed by atoms with Crippen molar-refractivity contribution in [3.05, 3.63) is 53.9 Å². The lowest BCUT2D eigenvalue weighted by Crippen LogP contribution is -2.35. The van der Waals surface area contributed by atoms with Crippen LogP contribution in [0.3, 0.4) is 0 Å². The third-order valence-corrected chi connectivity index (χ3v) is 10.9. The zero-order valence-corrected chi connectivity index (χ0v) is 35.8. The number of pyridine rings is 1. The molecule has 0 saturated heterocycles. The fraction of sp³-hybridized carbons (Fsp3) is 0.622. The molecule has 0 spiro atoms. The highest BCUT2D eigenvalue weighted by molar-refractivity contribution is 6.06. The van der Waals surface area contributed by atoms with Crippen LogP contribution in [0.4, 0.5) is 5.82 Å². The van der Waals surface area contributed by atoms with Gasteiger partial charge >= 0.3 is 0 Å². The quantitative estimate of drug-likeness (QED) is 0.0356. The Kier molecular flexibility index (Phi) is 22.9. The number of aldehydes is 1. The van der Waals surface area contributed by atoms with Crippen LogP contribution in [0, 0.1) is 11.8 Å². The smallest absolute Gasteiger partial charge is 0.223 e. The number of imidazole rings is 1. The molecular weight excluding hydrogens is 733 g/mol. The van der Waals surface area contributed by atoms with E-state index in [2.05, 4.69) is 51.1 Å². The van der Waals surface area contributed by atoms with Gasteiger partial charge in [-0.1, -0.05) is 49.8 Å². The van der Waals surface area contributed by atoms with Crippen LogP contribution >= 0.6 is 0 Å². The summed E-state index contributed by atoms with van der Waals surface area (Å²) in [4.78, 5) is 44.1. The molecule has 0 radical (unpaired) electrons. The fourth-order valence-corrected chi connectivity index (χ4v) is 7.10. The third-order valence-electron chi connectivity index (χ3n) is 10.9. The van der Waals surface area contributed by atoms with Gasteiger partial charge in [-0.2, -0.15) is 0 Å². The van der Waals surface area contributed by atoms with Crippen LogP contribution in [0.1, 0.15) is 104 Å². The van der Waals surface area contributed by atoms with Crippen molar-refractivity contribution in [1.82, 2.24) is 30.5 Å². The number of nitrogens with one attached hydrogen (secondary N) is 3. The number of rotatable bonds is 26. The number of benzene rings is 1. The molecule has 1 unspecified atom stereocenters. The number of unbranched alkanes of at least 4 members (excludes halogenated alkanes) is 3. The van der Waals surface area contributed by atoms with Crippen molar-refractivity contribution in [3.8, 4) is 0 Å². The lowest BCUT2D eigenvalue weighted by molar-refractivity contribution is -0.127. The first-order valence-corrected chi connectivity index (χ1v) is 21.6. The molecule has 1 atom stereocenters. The highest BCUT2D eigenvalue weighted by Gasteiger charge is 2.25. The summed E-state index contributed by atoms with van der Waals surface area (Å²) in [7, 11) is 2.00. The van der Waals surface area contributed by atoms with E-state index in [4.69, 9.17) is 25.9 Å². The van der Waals surface area contributed by atoms with E-state index >= 15 is 0 Å². The molecule has 0 bridgehead atoms. The molecule has 1 aromatic carbocycles. The van der Waals surface area contributed by atoms with Gasteiger partial charge in [0.05, 0.1) is 37.5 Å². The highest BCUT2D eigenvalue weighted by Crippen LogP contribution is 2.30. The predicted octanol–water partition coefficient (Wildman–Crippen LogP) is 6.18. The van der Waals surface area contributed by atoms with E-state index in [9.17, 15) is 14.4 Å². The number of ether oxygens (including phenoxy) is 2. The average Bonchev–Trinajstić information content (AvgIpc) is 3.62. The summed E-state index contributed by atoms with van der Waals surface area (Å²) in [6.45, 7) is 15.0. The van der Waals surface area contributed by atoms with Gasteiger partial charge in [0, 0.05) is 55.7 Å². The maximum Gasteiger partial charge on any atom is 0.223 e. The van der Waals surface area contributed by atoms with Crippen molar-refractivity contribution in [3.63, 3.8) is 0 Å². The van der Waals surface area contributed by atoms with Crippen molar-refractivity contribution in [1.29, 1.82) is 0 Å². The van der Waals surface area contributed by atoms with Crippen molar-refractivity contribution in [2.24, 2.45) is 17.6 Å². The zero-order valence-electron chi connectivity index (χ0n) is 35.8. The predicted molar refractivity (Wildman–Crippen MR) is 235 cm³/mol. The van der Waals surface area contributed by atoms with E-state index in [1.807, 2.05) is 39.1 Å². The molecule has 1 aliphatic rings. The van der Waals surface area contributed by atoms with Crippen LogP contribution in [0.5, 0.6) is 0 Å². The van der Waals surface area contributed by atoms with E-state index < -0.39 is 0 Å². The normalized spacial score (nSPS) is 16.1. The summed E-state index contributed by atoms with van der Waals surface area (Å²) in [5.41, 5.74) is 17.4. The first kappa shape index (κ1) is 48.2. The van der Waals surface area contributed by atoms with Gasteiger partial charge in [0.15, 0.2) is 5.82 Å². The van der Waals surface area contributed by atoms with Crippen molar-refractivity contribution < 1.29 is 23.9 Å². The molecule has 2 heterocycles. The number of nitrogens with zero attached hydrogens (tertiary/aromatic N) is 3. The number of amides is 2. The largest absolute Gasteiger partial charge is 0.382 e. The maximum atomic E-state index is 12.1. The van der Waals surface area contributed by atoms with Crippen molar-refractivity contribution in [2.75, 3.05) is 58.8 Å². The second kappa shape index (κ2) is 27.5. The molecule has 1 saturated carbocycles. The van der Waals surface area contributed by atoms with E-state index in [0.29, 0.717) is 51.8 Å². The molecule has 322 valence electrons. The molecule has 2 amide bonds. The van der Waals surface area contributed by atoms with Crippen molar-refractivity contribution in [2.45, 2.75) is 117 Å². The number of carbonyl (C=O) groups excluding carboxylic acids is 3. The molecule has 13 nitrogen and oxygen atoms in total. The Morgan fingerprint density at radius 3 is 2.40 bits per heavy atom. The van der Waals surface area contributed by atoms with Gasteiger partial charge in [-0.15, -0.1) is 0 Å². The summed E-state index contributed by atoms with van der Waals surface area (Å²) < 4.78 is 13.3. The summed E-state index contributed by atoms with van der Waals surface area (Å²) in [6.07, 6.45) is 14.7. The second-order valence-electron chi connectivity index (χ2n) is 15.3. The van der Waals surface area contributed by atoms with Crippen LogP contribution in [0.25, 0.3) is 21.9 Å².